The summed E-state index contributed by atoms with van der Waals surface area (Å²) in [5.74, 6) is -1.31. The number of amides is 1. The van der Waals surface area contributed by atoms with Crippen LogP contribution in [0.3, 0.4) is 0 Å². The first-order valence-electron chi connectivity index (χ1n) is 11.8. The van der Waals surface area contributed by atoms with Crippen LogP contribution in [0.1, 0.15) is 84.0 Å². The van der Waals surface area contributed by atoms with Gasteiger partial charge in [0.1, 0.15) is 18.3 Å². The maximum absolute atomic E-state index is 13.0. The van der Waals surface area contributed by atoms with E-state index in [9.17, 15) is 4.79 Å². The molecule has 0 aromatic carbocycles. The average molecular weight is 410 g/mol. The summed E-state index contributed by atoms with van der Waals surface area (Å²) in [6.07, 6.45) is 9.84. The van der Waals surface area contributed by atoms with E-state index in [0.29, 0.717) is 6.54 Å². The summed E-state index contributed by atoms with van der Waals surface area (Å²) < 4.78 is 32.1. The predicted octanol–water partition coefficient (Wildman–Crippen LogP) is 3.15. The van der Waals surface area contributed by atoms with Crippen LogP contribution in [0.5, 0.6) is 0 Å². The highest BCUT2D eigenvalue weighted by molar-refractivity contribution is 5.81. The van der Waals surface area contributed by atoms with Gasteiger partial charge in [-0.2, -0.15) is 0 Å². The molecule has 5 atom stereocenters. The van der Waals surface area contributed by atoms with Gasteiger partial charge in [0.15, 0.2) is 24.0 Å². The van der Waals surface area contributed by atoms with Gasteiger partial charge < -0.3 is 29.0 Å². The first-order chi connectivity index (χ1) is 14.1. The molecule has 7 nitrogen and oxygen atoms in total. The summed E-state index contributed by atoms with van der Waals surface area (Å²) in [7, 11) is 0. The van der Waals surface area contributed by atoms with Crippen LogP contribution in [-0.4, -0.2) is 54.7 Å². The summed E-state index contributed by atoms with van der Waals surface area (Å²) in [4.78, 5) is 13.0. The molecule has 0 aromatic rings. The fourth-order valence-corrected chi connectivity index (χ4v) is 5.66. The zero-order chi connectivity index (χ0) is 19.9. The van der Waals surface area contributed by atoms with Crippen LogP contribution in [0.2, 0.25) is 0 Å². The Balaban J connectivity index is 1.37. The largest absolute Gasteiger partial charge is 0.354 e. The maximum Gasteiger partial charge on any atom is 0.252 e. The fourth-order valence-electron chi connectivity index (χ4n) is 5.66. The van der Waals surface area contributed by atoms with E-state index in [1.54, 1.807) is 0 Å². The summed E-state index contributed by atoms with van der Waals surface area (Å²) in [5, 5.41) is 3.01. The Hall–Kier alpha value is -0.730. The number of carbonyl (C=O) groups excluding carboxylic acids is 1. The number of nitrogens with one attached hydrogen (secondary N) is 1. The molecule has 2 spiro atoms. The fraction of sp³-hybridized carbons (Fsp3) is 0.955. The Morgan fingerprint density at radius 2 is 1.41 bits per heavy atom. The van der Waals surface area contributed by atoms with Gasteiger partial charge in [0.05, 0.1) is 0 Å². The van der Waals surface area contributed by atoms with Crippen LogP contribution >= 0.6 is 0 Å². The molecule has 2 aliphatic carbocycles. The molecule has 5 fully saturated rings. The van der Waals surface area contributed by atoms with Crippen LogP contribution in [0.25, 0.3) is 0 Å². The van der Waals surface area contributed by atoms with E-state index in [1.807, 2.05) is 0 Å². The SMILES string of the molecule is CCCCNC(=O)[C@H]1O[C@@H]2OC3(CCCCC3)O[C@@H]2[C@H]2OC3(CCCCC3)O[C@H]21. The van der Waals surface area contributed by atoms with E-state index in [2.05, 4.69) is 12.2 Å². The second-order valence-corrected chi connectivity index (χ2v) is 9.38. The van der Waals surface area contributed by atoms with E-state index < -0.39 is 30.1 Å². The van der Waals surface area contributed by atoms with Crippen molar-refractivity contribution in [1.29, 1.82) is 0 Å². The standard InChI is InChI=1S/C22H35NO6/c1-2-3-14-23-19(24)17-15-16(27-21(26-15)10-6-4-7-11-21)18-20(25-17)29-22(28-18)12-8-5-9-13-22/h15-18,20H,2-14H2,1H3,(H,23,24)/t15-,16+,17+,18-,20-/m1/s1. The van der Waals surface area contributed by atoms with E-state index in [1.165, 1.54) is 12.8 Å². The van der Waals surface area contributed by atoms with Crippen molar-refractivity contribution in [3.63, 3.8) is 0 Å². The molecule has 164 valence electrons. The number of ether oxygens (including phenoxy) is 5. The Kier molecular flexibility index (Phi) is 5.62. The molecular weight excluding hydrogens is 374 g/mol. The Morgan fingerprint density at radius 3 is 2.07 bits per heavy atom. The van der Waals surface area contributed by atoms with Crippen LogP contribution in [0, 0.1) is 0 Å². The van der Waals surface area contributed by atoms with Gasteiger partial charge >= 0.3 is 0 Å². The van der Waals surface area contributed by atoms with Crippen molar-refractivity contribution in [3.05, 3.63) is 0 Å². The van der Waals surface area contributed by atoms with E-state index in [0.717, 1.165) is 64.2 Å². The lowest BCUT2D eigenvalue weighted by Crippen LogP contribution is -2.59. The van der Waals surface area contributed by atoms with Crippen LogP contribution in [-0.2, 0) is 28.5 Å². The zero-order valence-corrected chi connectivity index (χ0v) is 17.5. The van der Waals surface area contributed by atoms with Crippen molar-refractivity contribution in [2.75, 3.05) is 6.54 Å². The molecule has 5 rings (SSSR count). The monoisotopic (exact) mass is 409 g/mol. The third kappa shape index (κ3) is 3.74. The molecule has 7 heteroatoms. The van der Waals surface area contributed by atoms with Gasteiger partial charge in [0.2, 0.25) is 0 Å². The Labute approximate surface area is 173 Å². The molecule has 2 saturated carbocycles. The predicted molar refractivity (Wildman–Crippen MR) is 104 cm³/mol. The lowest BCUT2D eigenvalue weighted by molar-refractivity contribution is -0.247. The molecule has 0 unspecified atom stereocenters. The summed E-state index contributed by atoms with van der Waals surface area (Å²) in [6, 6.07) is 0. The lowest BCUT2D eigenvalue weighted by Gasteiger charge is -2.36. The van der Waals surface area contributed by atoms with Crippen molar-refractivity contribution >= 4 is 5.91 Å². The van der Waals surface area contributed by atoms with Crippen molar-refractivity contribution < 1.29 is 28.5 Å². The molecule has 0 aromatic heterocycles. The third-order valence-electron chi connectivity index (χ3n) is 7.20. The summed E-state index contributed by atoms with van der Waals surface area (Å²) >= 11 is 0. The molecule has 0 bridgehead atoms. The highest BCUT2D eigenvalue weighted by atomic mass is 16.9. The van der Waals surface area contributed by atoms with Gasteiger partial charge in [-0.15, -0.1) is 0 Å². The smallest absolute Gasteiger partial charge is 0.252 e. The molecule has 0 radical (unpaired) electrons. The molecule has 3 aliphatic heterocycles. The zero-order valence-electron chi connectivity index (χ0n) is 17.5. The first-order valence-corrected chi connectivity index (χ1v) is 11.8. The minimum absolute atomic E-state index is 0.128. The normalized spacial score (nSPS) is 40.0. The molecule has 1 amide bonds. The van der Waals surface area contributed by atoms with E-state index >= 15 is 0 Å². The second-order valence-electron chi connectivity index (χ2n) is 9.38. The first kappa shape index (κ1) is 20.2. The topological polar surface area (TPSA) is 75.3 Å². The third-order valence-corrected chi connectivity index (χ3v) is 7.20. The van der Waals surface area contributed by atoms with E-state index in [-0.39, 0.29) is 18.1 Å². The lowest BCUT2D eigenvalue weighted by atomic mass is 9.94. The van der Waals surface area contributed by atoms with Gasteiger partial charge in [-0.25, -0.2) is 0 Å². The van der Waals surface area contributed by atoms with Gasteiger partial charge in [0.25, 0.3) is 5.91 Å². The highest BCUT2D eigenvalue weighted by Crippen LogP contribution is 2.50. The number of carbonyl (C=O) groups is 1. The molecule has 5 aliphatic rings. The van der Waals surface area contributed by atoms with Gasteiger partial charge in [-0.05, 0) is 32.1 Å². The highest BCUT2D eigenvalue weighted by Gasteiger charge is 2.65. The number of unbranched alkanes of at least 4 members (excludes halogenated alkanes) is 1. The number of hydrogen-bond donors (Lipinski definition) is 1. The number of fused-ring (bicyclic) bond motifs is 3. The molecule has 3 heterocycles. The van der Waals surface area contributed by atoms with E-state index in [4.69, 9.17) is 23.7 Å². The molecule has 3 saturated heterocycles. The van der Waals surface area contributed by atoms with Crippen molar-refractivity contribution in [2.24, 2.45) is 0 Å². The number of hydrogen-bond acceptors (Lipinski definition) is 6. The quantitative estimate of drug-likeness (QED) is 0.719. The molecule has 29 heavy (non-hydrogen) atoms. The maximum atomic E-state index is 13.0. The molecular formula is C22H35NO6. The van der Waals surface area contributed by atoms with Crippen LogP contribution in [0.4, 0.5) is 0 Å². The van der Waals surface area contributed by atoms with Crippen molar-refractivity contribution in [1.82, 2.24) is 5.32 Å². The Bertz CT molecular complexity index is 600. The van der Waals surface area contributed by atoms with Crippen LogP contribution in [0.15, 0.2) is 0 Å². The van der Waals surface area contributed by atoms with Crippen LogP contribution < -0.4 is 5.32 Å². The van der Waals surface area contributed by atoms with Gasteiger partial charge in [-0.1, -0.05) is 26.2 Å². The second kappa shape index (κ2) is 8.08. The minimum Gasteiger partial charge on any atom is -0.354 e. The average Bonchev–Trinajstić information content (AvgIpc) is 3.26. The number of rotatable bonds is 4. The van der Waals surface area contributed by atoms with Crippen molar-refractivity contribution in [3.8, 4) is 0 Å². The van der Waals surface area contributed by atoms with Gasteiger partial charge in [-0.3, -0.25) is 4.79 Å². The Morgan fingerprint density at radius 1 is 0.828 bits per heavy atom. The minimum atomic E-state index is -0.721. The summed E-state index contributed by atoms with van der Waals surface area (Å²) in [5.41, 5.74) is 0. The molecule has 1 N–H and O–H groups in total. The van der Waals surface area contributed by atoms with Crippen molar-refractivity contribution in [2.45, 2.75) is 126 Å². The van der Waals surface area contributed by atoms with Gasteiger partial charge in [0, 0.05) is 32.2 Å². The summed E-state index contributed by atoms with van der Waals surface area (Å²) in [6.45, 7) is 2.76.